The first-order chi connectivity index (χ1) is 7.13. The highest BCUT2D eigenvalue weighted by Gasteiger charge is 2.06. The van der Waals surface area contributed by atoms with Gasteiger partial charge in [-0.1, -0.05) is 37.4 Å². The van der Waals surface area contributed by atoms with Crippen molar-refractivity contribution >= 4 is 11.6 Å². The molecule has 1 unspecified atom stereocenters. The lowest BCUT2D eigenvalue weighted by molar-refractivity contribution is 0.570. The van der Waals surface area contributed by atoms with Crippen molar-refractivity contribution < 1.29 is 4.39 Å². The van der Waals surface area contributed by atoms with Gasteiger partial charge in [0.15, 0.2) is 0 Å². The maximum atomic E-state index is 13.1. The SMILES string of the molecule is CCCCC(N)Cc1ccc(Cl)c(F)c1. The maximum absolute atomic E-state index is 13.1. The summed E-state index contributed by atoms with van der Waals surface area (Å²) in [5.74, 6) is -0.364. The number of hydrogen-bond acceptors (Lipinski definition) is 1. The summed E-state index contributed by atoms with van der Waals surface area (Å²) in [6.07, 6.45) is 3.97. The van der Waals surface area contributed by atoms with Crippen LogP contribution in [-0.4, -0.2) is 6.04 Å². The summed E-state index contributed by atoms with van der Waals surface area (Å²) < 4.78 is 13.1. The predicted octanol–water partition coefficient (Wildman–Crippen LogP) is 3.54. The first kappa shape index (κ1) is 12.5. The number of benzene rings is 1. The van der Waals surface area contributed by atoms with E-state index in [4.69, 9.17) is 17.3 Å². The summed E-state index contributed by atoms with van der Waals surface area (Å²) in [7, 11) is 0. The molecule has 1 aromatic rings. The molecule has 0 spiro atoms. The highest BCUT2D eigenvalue weighted by Crippen LogP contribution is 2.17. The van der Waals surface area contributed by atoms with Gasteiger partial charge in [-0.15, -0.1) is 0 Å². The van der Waals surface area contributed by atoms with Gasteiger partial charge in [0.2, 0.25) is 0 Å². The van der Waals surface area contributed by atoms with Crippen LogP contribution < -0.4 is 5.73 Å². The van der Waals surface area contributed by atoms with Crippen molar-refractivity contribution in [3.05, 3.63) is 34.6 Å². The molecule has 0 aliphatic rings. The zero-order valence-corrected chi connectivity index (χ0v) is 9.73. The van der Waals surface area contributed by atoms with E-state index in [-0.39, 0.29) is 16.9 Å². The van der Waals surface area contributed by atoms with E-state index < -0.39 is 0 Å². The Kier molecular flexibility index (Phi) is 5.06. The molecule has 84 valence electrons. The molecule has 2 N–H and O–H groups in total. The summed E-state index contributed by atoms with van der Waals surface area (Å²) in [6.45, 7) is 2.13. The highest BCUT2D eigenvalue weighted by molar-refractivity contribution is 6.30. The van der Waals surface area contributed by atoms with Crippen LogP contribution in [0.2, 0.25) is 5.02 Å². The van der Waals surface area contributed by atoms with Gasteiger partial charge in [-0.25, -0.2) is 4.39 Å². The van der Waals surface area contributed by atoms with Crippen LogP contribution in [0.3, 0.4) is 0 Å². The molecule has 0 amide bonds. The van der Waals surface area contributed by atoms with Gasteiger partial charge in [0.25, 0.3) is 0 Å². The summed E-state index contributed by atoms with van der Waals surface area (Å²) in [5, 5.41) is 0.167. The van der Waals surface area contributed by atoms with E-state index in [1.165, 1.54) is 6.07 Å². The second-order valence-corrected chi connectivity index (χ2v) is 4.26. The molecule has 0 radical (unpaired) electrons. The molecule has 1 nitrogen and oxygen atoms in total. The van der Waals surface area contributed by atoms with Gasteiger partial charge in [-0.05, 0) is 30.5 Å². The Morgan fingerprint density at radius 3 is 2.80 bits per heavy atom. The van der Waals surface area contributed by atoms with E-state index in [0.717, 1.165) is 24.8 Å². The summed E-state index contributed by atoms with van der Waals surface area (Å²) >= 11 is 5.59. The van der Waals surface area contributed by atoms with Crippen molar-refractivity contribution in [1.29, 1.82) is 0 Å². The van der Waals surface area contributed by atoms with Gasteiger partial charge >= 0.3 is 0 Å². The van der Waals surface area contributed by atoms with Crippen molar-refractivity contribution in [1.82, 2.24) is 0 Å². The second-order valence-electron chi connectivity index (χ2n) is 3.85. The largest absolute Gasteiger partial charge is 0.327 e. The lowest BCUT2D eigenvalue weighted by Crippen LogP contribution is -2.22. The van der Waals surface area contributed by atoms with E-state index in [2.05, 4.69) is 6.92 Å². The highest BCUT2D eigenvalue weighted by atomic mass is 35.5. The Morgan fingerprint density at radius 2 is 2.20 bits per heavy atom. The van der Waals surface area contributed by atoms with Crippen LogP contribution in [0.25, 0.3) is 0 Å². The van der Waals surface area contributed by atoms with Crippen LogP contribution >= 0.6 is 11.6 Å². The summed E-state index contributed by atoms with van der Waals surface area (Å²) in [4.78, 5) is 0. The molecule has 0 saturated carbocycles. The first-order valence-electron chi connectivity index (χ1n) is 5.33. The molecule has 1 rings (SSSR count). The lowest BCUT2D eigenvalue weighted by Gasteiger charge is -2.11. The molecule has 0 aliphatic carbocycles. The molecule has 1 aromatic carbocycles. The minimum Gasteiger partial charge on any atom is -0.327 e. The normalized spacial score (nSPS) is 12.8. The number of unbranched alkanes of at least 4 members (excludes halogenated alkanes) is 1. The van der Waals surface area contributed by atoms with E-state index in [9.17, 15) is 4.39 Å². The van der Waals surface area contributed by atoms with E-state index in [1.54, 1.807) is 6.07 Å². The van der Waals surface area contributed by atoms with E-state index in [0.29, 0.717) is 6.42 Å². The summed E-state index contributed by atoms with van der Waals surface area (Å²) in [6, 6.07) is 5.00. The Morgan fingerprint density at radius 1 is 1.47 bits per heavy atom. The van der Waals surface area contributed by atoms with Gasteiger partial charge < -0.3 is 5.73 Å². The molecule has 0 heterocycles. The van der Waals surface area contributed by atoms with Crippen molar-refractivity contribution in [3.8, 4) is 0 Å². The van der Waals surface area contributed by atoms with Crippen molar-refractivity contribution in [3.63, 3.8) is 0 Å². The second kappa shape index (κ2) is 6.09. The molecular weight excluding hydrogens is 213 g/mol. The number of halogens is 2. The first-order valence-corrected chi connectivity index (χ1v) is 5.70. The average Bonchev–Trinajstić information content (AvgIpc) is 2.20. The molecule has 0 aliphatic heterocycles. The average molecular weight is 230 g/mol. The fourth-order valence-electron chi connectivity index (χ4n) is 1.54. The Labute approximate surface area is 95.4 Å². The molecule has 0 fully saturated rings. The monoisotopic (exact) mass is 229 g/mol. The number of hydrogen-bond donors (Lipinski definition) is 1. The minimum absolute atomic E-state index is 0.116. The fraction of sp³-hybridized carbons (Fsp3) is 0.500. The quantitative estimate of drug-likeness (QED) is 0.821. The molecule has 1 atom stereocenters. The molecule has 0 aromatic heterocycles. The van der Waals surface area contributed by atoms with Crippen LogP contribution in [0.1, 0.15) is 31.7 Å². The van der Waals surface area contributed by atoms with E-state index in [1.807, 2.05) is 6.07 Å². The van der Waals surface area contributed by atoms with Crippen molar-refractivity contribution in [2.24, 2.45) is 5.73 Å². The molecule has 3 heteroatoms. The fourth-order valence-corrected chi connectivity index (χ4v) is 1.66. The van der Waals surface area contributed by atoms with Gasteiger partial charge in [-0.3, -0.25) is 0 Å². The predicted molar refractivity (Wildman–Crippen MR) is 62.6 cm³/mol. The van der Waals surface area contributed by atoms with Crippen LogP contribution in [-0.2, 0) is 6.42 Å². The van der Waals surface area contributed by atoms with E-state index >= 15 is 0 Å². The van der Waals surface area contributed by atoms with Crippen molar-refractivity contribution in [2.75, 3.05) is 0 Å². The Hall–Kier alpha value is -0.600. The summed E-state index contributed by atoms with van der Waals surface area (Å²) in [5.41, 5.74) is 6.84. The smallest absolute Gasteiger partial charge is 0.142 e. The Bertz CT molecular complexity index is 314. The molecule has 15 heavy (non-hydrogen) atoms. The maximum Gasteiger partial charge on any atom is 0.142 e. The number of rotatable bonds is 5. The Balaban J connectivity index is 2.53. The minimum atomic E-state index is -0.364. The van der Waals surface area contributed by atoms with Gasteiger partial charge in [0, 0.05) is 6.04 Å². The third kappa shape index (κ3) is 4.18. The molecular formula is C12H17ClFN. The van der Waals surface area contributed by atoms with Gasteiger partial charge in [-0.2, -0.15) is 0 Å². The molecule has 0 bridgehead atoms. The lowest BCUT2D eigenvalue weighted by atomic mass is 10.0. The third-order valence-electron chi connectivity index (χ3n) is 2.41. The molecule has 0 saturated heterocycles. The zero-order valence-electron chi connectivity index (χ0n) is 8.97. The topological polar surface area (TPSA) is 26.0 Å². The van der Waals surface area contributed by atoms with Gasteiger partial charge in [0.05, 0.1) is 5.02 Å². The zero-order chi connectivity index (χ0) is 11.3. The van der Waals surface area contributed by atoms with Crippen LogP contribution in [0, 0.1) is 5.82 Å². The van der Waals surface area contributed by atoms with Crippen molar-refractivity contribution in [2.45, 2.75) is 38.6 Å². The van der Waals surface area contributed by atoms with Crippen LogP contribution in [0.15, 0.2) is 18.2 Å². The van der Waals surface area contributed by atoms with Crippen LogP contribution in [0.4, 0.5) is 4.39 Å². The van der Waals surface area contributed by atoms with Crippen LogP contribution in [0.5, 0.6) is 0 Å². The third-order valence-corrected chi connectivity index (χ3v) is 2.72. The standard InChI is InChI=1S/C12H17ClFN/c1-2-3-4-10(15)7-9-5-6-11(13)12(14)8-9/h5-6,8,10H,2-4,7,15H2,1H3. The number of nitrogens with two attached hydrogens (primary N) is 1. The van der Waals surface area contributed by atoms with Gasteiger partial charge in [0.1, 0.15) is 5.82 Å².